The fraction of sp³-hybridized carbons (Fsp3) is 0.174. The molecule has 0 saturated heterocycles. The summed E-state index contributed by atoms with van der Waals surface area (Å²) < 4.78 is 25.4. The summed E-state index contributed by atoms with van der Waals surface area (Å²) in [6, 6.07) is 19.6. The lowest BCUT2D eigenvalue weighted by molar-refractivity contribution is 0.0980. The number of halogens is 1. The van der Waals surface area contributed by atoms with E-state index in [4.69, 9.17) is 9.47 Å². The summed E-state index contributed by atoms with van der Waals surface area (Å²) in [5.74, 6) is 0.274. The molecule has 3 aromatic rings. The molecule has 1 amide bonds. The van der Waals surface area contributed by atoms with Crippen LogP contribution in [-0.4, -0.2) is 19.6 Å². The van der Waals surface area contributed by atoms with Gasteiger partial charge in [0.15, 0.2) is 11.6 Å². The molecule has 5 heteroatoms. The highest BCUT2D eigenvalue weighted by Gasteiger charge is 2.26. The summed E-state index contributed by atoms with van der Waals surface area (Å²) in [5.41, 5.74) is 3.06. The van der Waals surface area contributed by atoms with Crippen LogP contribution in [0.2, 0.25) is 0 Å². The first-order chi connectivity index (χ1) is 13.7. The number of ether oxygens (including phenoxy) is 2. The number of anilines is 1. The van der Waals surface area contributed by atoms with E-state index >= 15 is 0 Å². The van der Waals surface area contributed by atoms with Crippen molar-refractivity contribution in [3.05, 3.63) is 89.2 Å². The van der Waals surface area contributed by atoms with Crippen LogP contribution < -0.4 is 14.4 Å². The van der Waals surface area contributed by atoms with Crippen molar-refractivity contribution < 1.29 is 18.7 Å². The Labute approximate surface area is 163 Å². The molecule has 28 heavy (non-hydrogen) atoms. The maximum atomic E-state index is 14.6. The van der Waals surface area contributed by atoms with Crippen LogP contribution in [0, 0.1) is 5.82 Å². The predicted molar refractivity (Wildman–Crippen MR) is 106 cm³/mol. The first-order valence-electron chi connectivity index (χ1n) is 9.11. The molecular formula is C23H20FNO3. The predicted octanol–water partition coefficient (Wildman–Crippen LogP) is 4.62. The SMILES string of the molecule is COc1ccc2c(c1)CCN(c1ccc(OCc3ccccc3)c(F)c1)C2=O. The van der Waals surface area contributed by atoms with E-state index in [0.29, 0.717) is 24.2 Å². The van der Waals surface area contributed by atoms with Crippen LogP contribution in [0.4, 0.5) is 10.1 Å². The number of nitrogens with zero attached hydrogens (tertiary/aromatic N) is 1. The van der Waals surface area contributed by atoms with E-state index in [0.717, 1.165) is 16.9 Å². The van der Waals surface area contributed by atoms with Crippen molar-refractivity contribution >= 4 is 11.6 Å². The third-order valence-electron chi connectivity index (χ3n) is 4.86. The van der Waals surface area contributed by atoms with Crippen molar-refractivity contribution in [3.63, 3.8) is 0 Å². The van der Waals surface area contributed by atoms with Gasteiger partial charge in [0.2, 0.25) is 0 Å². The van der Waals surface area contributed by atoms with Crippen molar-refractivity contribution in [1.82, 2.24) is 0 Å². The van der Waals surface area contributed by atoms with Gasteiger partial charge in [-0.25, -0.2) is 4.39 Å². The molecule has 4 rings (SSSR count). The molecule has 0 aromatic heterocycles. The normalized spacial score (nSPS) is 13.2. The highest BCUT2D eigenvalue weighted by Crippen LogP contribution is 2.30. The second-order valence-corrected chi connectivity index (χ2v) is 6.62. The average molecular weight is 377 g/mol. The maximum Gasteiger partial charge on any atom is 0.258 e. The summed E-state index contributed by atoms with van der Waals surface area (Å²) in [6.07, 6.45) is 0.687. The van der Waals surface area contributed by atoms with E-state index in [1.54, 1.807) is 36.3 Å². The molecule has 1 aliphatic heterocycles. The number of carbonyl (C=O) groups excluding carboxylic acids is 1. The molecule has 0 fully saturated rings. The fourth-order valence-corrected chi connectivity index (χ4v) is 3.35. The van der Waals surface area contributed by atoms with Crippen molar-refractivity contribution in [2.75, 3.05) is 18.6 Å². The third kappa shape index (κ3) is 3.56. The van der Waals surface area contributed by atoms with Crippen LogP contribution in [0.3, 0.4) is 0 Å². The minimum Gasteiger partial charge on any atom is -0.497 e. The number of hydrogen-bond donors (Lipinski definition) is 0. The van der Waals surface area contributed by atoms with Gasteiger partial charge >= 0.3 is 0 Å². The first-order valence-corrected chi connectivity index (χ1v) is 9.11. The molecule has 0 N–H and O–H groups in total. The van der Waals surface area contributed by atoms with E-state index in [1.807, 2.05) is 36.4 Å². The number of rotatable bonds is 5. The maximum absolute atomic E-state index is 14.6. The van der Waals surface area contributed by atoms with Gasteiger partial charge in [-0.05, 0) is 47.9 Å². The lowest BCUT2D eigenvalue weighted by Gasteiger charge is -2.29. The molecule has 4 nitrogen and oxygen atoms in total. The molecule has 0 atom stereocenters. The summed E-state index contributed by atoms with van der Waals surface area (Å²) in [4.78, 5) is 14.5. The van der Waals surface area contributed by atoms with Gasteiger partial charge in [-0.2, -0.15) is 0 Å². The van der Waals surface area contributed by atoms with Gasteiger partial charge in [-0.15, -0.1) is 0 Å². The third-order valence-corrected chi connectivity index (χ3v) is 4.86. The fourth-order valence-electron chi connectivity index (χ4n) is 3.35. The summed E-state index contributed by atoms with van der Waals surface area (Å²) >= 11 is 0. The molecule has 1 aliphatic rings. The largest absolute Gasteiger partial charge is 0.497 e. The minimum absolute atomic E-state index is 0.138. The van der Waals surface area contributed by atoms with Gasteiger partial charge in [-0.3, -0.25) is 4.79 Å². The second-order valence-electron chi connectivity index (χ2n) is 6.62. The molecule has 0 spiro atoms. The standard InChI is InChI=1S/C23H20FNO3/c1-27-19-8-9-20-17(13-19)11-12-25(23(20)26)18-7-10-22(21(24)14-18)28-15-16-5-3-2-4-6-16/h2-10,13-14H,11-12,15H2,1H3. The van der Waals surface area contributed by atoms with Crippen LogP contribution in [0.15, 0.2) is 66.7 Å². The van der Waals surface area contributed by atoms with E-state index in [1.165, 1.54) is 6.07 Å². The summed E-state index contributed by atoms with van der Waals surface area (Å²) in [7, 11) is 1.60. The molecule has 0 unspecified atom stereocenters. The lowest BCUT2D eigenvalue weighted by atomic mass is 9.98. The Morgan fingerprint density at radius 2 is 1.86 bits per heavy atom. The second kappa shape index (κ2) is 7.72. The molecule has 0 bridgehead atoms. The Balaban J connectivity index is 1.51. The van der Waals surface area contributed by atoms with Crippen LogP contribution in [0.25, 0.3) is 0 Å². The number of amides is 1. The van der Waals surface area contributed by atoms with Crippen LogP contribution in [0.5, 0.6) is 11.5 Å². The van der Waals surface area contributed by atoms with Gasteiger partial charge in [-0.1, -0.05) is 30.3 Å². The zero-order chi connectivity index (χ0) is 19.5. The summed E-state index contributed by atoms with van der Waals surface area (Å²) in [6.45, 7) is 0.775. The van der Waals surface area contributed by atoms with Gasteiger partial charge in [0.05, 0.1) is 7.11 Å². The molecule has 0 aliphatic carbocycles. The zero-order valence-corrected chi connectivity index (χ0v) is 15.5. The highest BCUT2D eigenvalue weighted by molar-refractivity contribution is 6.08. The van der Waals surface area contributed by atoms with Crippen LogP contribution in [0.1, 0.15) is 21.5 Å². The number of methoxy groups -OCH3 is 1. The van der Waals surface area contributed by atoms with Crippen molar-refractivity contribution in [1.29, 1.82) is 0 Å². The van der Waals surface area contributed by atoms with Crippen molar-refractivity contribution in [2.24, 2.45) is 0 Å². The molecule has 0 radical (unpaired) electrons. The monoisotopic (exact) mass is 377 g/mol. The van der Waals surface area contributed by atoms with Gasteiger partial charge < -0.3 is 14.4 Å². The van der Waals surface area contributed by atoms with E-state index in [-0.39, 0.29) is 18.3 Å². The van der Waals surface area contributed by atoms with E-state index in [9.17, 15) is 9.18 Å². The van der Waals surface area contributed by atoms with Crippen LogP contribution >= 0.6 is 0 Å². The van der Waals surface area contributed by atoms with Crippen molar-refractivity contribution in [2.45, 2.75) is 13.0 Å². The van der Waals surface area contributed by atoms with Crippen LogP contribution in [-0.2, 0) is 13.0 Å². The Morgan fingerprint density at radius 1 is 1.04 bits per heavy atom. The van der Waals surface area contributed by atoms with E-state index < -0.39 is 5.82 Å². The minimum atomic E-state index is -0.484. The quantitative estimate of drug-likeness (QED) is 0.651. The number of benzene rings is 3. The van der Waals surface area contributed by atoms with Crippen molar-refractivity contribution in [3.8, 4) is 11.5 Å². The lowest BCUT2D eigenvalue weighted by Crippen LogP contribution is -2.37. The molecule has 1 heterocycles. The average Bonchev–Trinajstić information content (AvgIpc) is 2.73. The number of hydrogen-bond acceptors (Lipinski definition) is 3. The Morgan fingerprint density at radius 3 is 2.61 bits per heavy atom. The number of fused-ring (bicyclic) bond motifs is 1. The van der Waals surface area contributed by atoms with Gasteiger partial charge in [0.25, 0.3) is 5.91 Å². The molecule has 3 aromatic carbocycles. The van der Waals surface area contributed by atoms with E-state index in [2.05, 4.69) is 0 Å². The van der Waals surface area contributed by atoms with Gasteiger partial charge in [0, 0.05) is 23.9 Å². The molecule has 142 valence electrons. The van der Waals surface area contributed by atoms with Gasteiger partial charge in [0.1, 0.15) is 12.4 Å². The smallest absolute Gasteiger partial charge is 0.258 e. The Kier molecular flexibility index (Phi) is 4.98. The Bertz CT molecular complexity index is 1000. The topological polar surface area (TPSA) is 38.8 Å². The summed E-state index contributed by atoms with van der Waals surface area (Å²) in [5, 5.41) is 0. The first kappa shape index (κ1) is 18.0. The highest BCUT2D eigenvalue weighted by atomic mass is 19.1. The Hall–Kier alpha value is -3.34. The molecular weight excluding hydrogens is 357 g/mol. The molecule has 0 saturated carbocycles. The number of carbonyl (C=O) groups is 1. The zero-order valence-electron chi connectivity index (χ0n) is 15.5.